The molecule has 0 saturated carbocycles. The molecular weight excluding hydrogens is 223 g/mol. The number of aliphatic hydroxyl groups is 1. The Morgan fingerprint density at radius 1 is 1.43 bits per heavy atom. The number of benzene rings is 1. The Labute approximate surface area is 93.4 Å². The molecule has 0 aliphatic heterocycles. The number of hydrogen-bond donors (Lipinski definition) is 1. The number of halogens is 2. The summed E-state index contributed by atoms with van der Waals surface area (Å²) in [5, 5.41) is 10.5. The summed E-state index contributed by atoms with van der Waals surface area (Å²) in [6.07, 6.45) is -0.0859. The molecule has 2 nitrogen and oxygen atoms in total. The van der Waals surface area contributed by atoms with Gasteiger partial charge < -0.3 is 9.84 Å². The minimum atomic E-state index is -0.648. The van der Waals surface area contributed by atoms with E-state index in [1.165, 1.54) is 7.11 Å². The van der Waals surface area contributed by atoms with E-state index >= 15 is 0 Å². The SMILES string of the molecule is CCC(O)c1c(Cl)ccc(OC)c1Cl. The normalized spacial score (nSPS) is 12.6. The number of aliphatic hydroxyl groups excluding tert-OH is 1. The molecule has 78 valence electrons. The summed E-state index contributed by atoms with van der Waals surface area (Å²) in [5.41, 5.74) is 0.537. The van der Waals surface area contributed by atoms with Crippen molar-refractivity contribution < 1.29 is 9.84 Å². The van der Waals surface area contributed by atoms with Gasteiger partial charge in [-0.3, -0.25) is 0 Å². The van der Waals surface area contributed by atoms with Gasteiger partial charge in [-0.15, -0.1) is 0 Å². The fraction of sp³-hybridized carbons (Fsp3) is 0.400. The Balaban J connectivity index is 3.25. The minimum Gasteiger partial charge on any atom is -0.495 e. The van der Waals surface area contributed by atoms with Crippen molar-refractivity contribution in [1.29, 1.82) is 0 Å². The molecule has 0 aromatic heterocycles. The number of ether oxygens (including phenoxy) is 1. The van der Waals surface area contributed by atoms with Crippen LogP contribution >= 0.6 is 23.2 Å². The highest BCUT2D eigenvalue weighted by Gasteiger charge is 2.17. The highest BCUT2D eigenvalue weighted by molar-refractivity contribution is 6.37. The third-order valence-electron chi connectivity index (χ3n) is 2.03. The number of hydrogen-bond acceptors (Lipinski definition) is 2. The predicted molar refractivity (Wildman–Crippen MR) is 58.3 cm³/mol. The van der Waals surface area contributed by atoms with Crippen LogP contribution in [0.1, 0.15) is 25.0 Å². The lowest BCUT2D eigenvalue weighted by atomic mass is 10.1. The first-order chi connectivity index (χ1) is 6.61. The first-order valence-electron chi connectivity index (χ1n) is 4.31. The van der Waals surface area contributed by atoms with E-state index in [1.807, 2.05) is 6.92 Å². The maximum atomic E-state index is 9.69. The van der Waals surface area contributed by atoms with Crippen LogP contribution in [-0.4, -0.2) is 12.2 Å². The number of methoxy groups -OCH3 is 1. The molecular formula is C10H12Cl2O2. The van der Waals surface area contributed by atoms with Gasteiger partial charge in [0, 0.05) is 10.6 Å². The van der Waals surface area contributed by atoms with Crippen molar-refractivity contribution in [3.8, 4) is 5.75 Å². The molecule has 1 rings (SSSR count). The molecule has 1 aromatic rings. The van der Waals surface area contributed by atoms with Crippen molar-refractivity contribution in [3.05, 3.63) is 27.7 Å². The average molecular weight is 235 g/mol. The average Bonchev–Trinajstić information content (AvgIpc) is 2.18. The van der Waals surface area contributed by atoms with Crippen LogP contribution in [-0.2, 0) is 0 Å². The molecule has 1 atom stereocenters. The van der Waals surface area contributed by atoms with Gasteiger partial charge in [-0.1, -0.05) is 30.1 Å². The molecule has 1 N–H and O–H groups in total. The van der Waals surface area contributed by atoms with E-state index in [0.717, 1.165) is 0 Å². The van der Waals surface area contributed by atoms with Gasteiger partial charge in [-0.05, 0) is 18.6 Å². The predicted octanol–water partition coefficient (Wildman–Crippen LogP) is 3.45. The zero-order chi connectivity index (χ0) is 10.7. The summed E-state index contributed by atoms with van der Waals surface area (Å²) in [6.45, 7) is 1.86. The molecule has 0 spiro atoms. The standard InChI is InChI=1S/C10H12Cl2O2/c1-3-7(13)9-6(11)4-5-8(14-2)10(9)12/h4-5,7,13H,3H2,1-2H3. The van der Waals surface area contributed by atoms with Gasteiger partial charge in [0.2, 0.25) is 0 Å². The van der Waals surface area contributed by atoms with E-state index in [4.69, 9.17) is 27.9 Å². The molecule has 0 amide bonds. The summed E-state index contributed by atoms with van der Waals surface area (Å²) in [5.74, 6) is 0.526. The Morgan fingerprint density at radius 2 is 2.07 bits per heavy atom. The molecule has 14 heavy (non-hydrogen) atoms. The van der Waals surface area contributed by atoms with E-state index in [-0.39, 0.29) is 0 Å². The Morgan fingerprint density at radius 3 is 2.57 bits per heavy atom. The van der Waals surface area contributed by atoms with E-state index in [1.54, 1.807) is 12.1 Å². The molecule has 0 heterocycles. The highest BCUT2D eigenvalue weighted by atomic mass is 35.5. The largest absolute Gasteiger partial charge is 0.495 e. The van der Waals surface area contributed by atoms with E-state index in [2.05, 4.69) is 0 Å². The summed E-state index contributed by atoms with van der Waals surface area (Å²) in [7, 11) is 1.53. The molecule has 0 aliphatic carbocycles. The van der Waals surface area contributed by atoms with Crippen molar-refractivity contribution in [2.45, 2.75) is 19.4 Å². The molecule has 1 aromatic carbocycles. The third kappa shape index (κ3) is 2.14. The van der Waals surface area contributed by atoms with Crippen LogP contribution in [0.3, 0.4) is 0 Å². The van der Waals surface area contributed by atoms with Crippen LogP contribution in [0.25, 0.3) is 0 Å². The smallest absolute Gasteiger partial charge is 0.137 e. The van der Waals surface area contributed by atoms with Crippen LogP contribution in [0.5, 0.6) is 5.75 Å². The van der Waals surface area contributed by atoms with E-state index in [9.17, 15) is 5.11 Å². The quantitative estimate of drug-likeness (QED) is 0.869. The van der Waals surface area contributed by atoms with Gasteiger partial charge in [0.1, 0.15) is 5.75 Å². The van der Waals surface area contributed by atoms with E-state index in [0.29, 0.717) is 27.8 Å². The van der Waals surface area contributed by atoms with Crippen LogP contribution < -0.4 is 4.74 Å². The van der Waals surface area contributed by atoms with Crippen LogP contribution in [0.2, 0.25) is 10.0 Å². The molecule has 0 radical (unpaired) electrons. The summed E-state index contributed by atoms with van der Waals surface area (Å²) in [6, 6.07) is 3.34. The van der Waals surface area contributed by atoms with Gasteiger partial charge in [0.15, 0.2) is 0 Å². The van der Waals surface area contributed by atoms with Gasteiger partial charge >= 0.3 is 0 Å². The topological polar surface area (TPSA) is 29.5 Å². The monoisotopic (exact) mass is 234 g/mol. The second-order valence-corrected chi connectivity index (χ2v) is 3.69. The lowest BCUT2D eigenvalue weighted by molar-refractivity contribution is 0.173. The lowest BCUT2D eigenvalue weighted by Gasteiger charge is -2.14. The summed E-state index contributed by atoms with van der Waals surface area (Å²) in [4.78, 5) is 0. The van der Waals surface area contributed by atoms with Gasteiger partial charge in [-0.25, -0.2) is 0 Å². The van der Waals surface area contributed by atoms with Crippen LogP contribution in [0, 0.1) is 0 Å². The first kappa shape index (κ1) is 11.6. The van der Waals surface area contributed by atoms with Crippen LogP contribution in [0.15, 0.2) is 12.1 Å². The van der Waals surface area contributed by atoms with Crippen LogP contribution in [0.4, 0.5) is 0 Å². The van der Waals surface area contributed by atoms with Crippen molar-refractivity contribution in [3.63, 3.8) is 0 Å². The van der Waals surface area contributed by atoms with Crippen molar-refractivity contribution in [2.75, 3.05) is 7.11 Å². The number of rotatable bonds is 3. The zero-order valence-corrected chi connectivity index (χ0v) is 9.56. The molecule has 1 unspecified atom stereocenters. The maximum absolute atomic E-state index is 9.69. The zero-order valence-electron chi connectivity index (χ0n) is 8.05. The lowest BCUT2D eigenvalue weighted by Crippen LogP contribution is -1.99. The Hall–Kier alpha value is -0.440. The molecule has 0 saturated heterocycles. The molecule has 0 fully saturated rings. The second-order valence-electron chi connectivity index (χ2n) is 2.90. The van der Waals surface area contributed by atoms with Gasteiger partial charge in [-0.2, -0.15) is 0 Å². The third-order valence-corrected chi connectivity index (χ3v) is 2.75. The fourth-order valence-electron chi connectivity index (χ4n) is 1.22. The second kappa shape index (κ2) is 4.87. The molecule has 0 bridgehead atoms. The van der Waals surface area contributed by atoms with Crippen molar-refractivity contribution in [2.24, 2.45) is 0 Å². The van der Waals surface area contributed by atoms with Gasteiger partial charge in [0.05, 0.1) is 18.2 Å². The first-order valence-corrected chi connectivity index (χ1v) is 5.07. The molecule has 4 heteroatoms. The Bertz CT molecular complexity index is 326. The Kier molecular flexibility index (Phi) is 4.05. The van der Waals surface area contributed by atoms with Crippen molar-refractivity contribution >= 4 is 23.2 Å². The molecule has 0 aliphatic rings. The van der Waals surface area contributed by atoms with E-state index < -0.39 is 6.10 Å². The maximum Gasteiger partial charge on any atom is 0.137 e. The van der Waals surface area contributed by atoms with Gasteiger partial charge in [0.25, 0.3) is 0 Å². The summed E-state index contributed by atoms with van der Waals surface area (Å²) < 4.78 is 5.03. The fourth-order valence-corrected chi connectivity index (χ4v) is 1.92. The minimum absolute atomic E-state index is 0.384. The highest BCUT2D eigenvalue weighted by Crippen LogP contribution is 2.37. The summed E-state index contributed by atoms with van der Waals surface area (Å²) >= 11 is 12.0. The van der Waals surface area contributed by atoms with Crippen molar-refractivity contribution in [1.82, 2.24) is 0 Å².